The molecule has 0 saturated carbocycles. The fourth-order valence-corrected chi connectivity index (χ4v) is 3.50. The van der Waals surface area contributed by atoms with Crippen LogP contribution in [0.3, 0.4) is 0 Å². The number of carbonyl (C=O) groups is 1. The molecule has 3 rings (SSSR count). The molecule has 1 N–H and O–H groups in total. The molecule has 0 radical (unpaired) electrons. The maximum Gasteiger partial charge on any atom is 0.288 e. The Morgan fingerprint density at radius 2 is 1.84 bits per heavy atom. The van der Waals surface area contributed by atoms with Crippen molar-refractivity contribution in [3.05, 3.63) is 91.8 Å². The summed E-state index contributed by atoms with van der Waals surface area (Å²) in [5.41, 5.74) is 4.37. The molecule has 31 heavy (non-hydrogen) atoms. The van der Waals surface area contributed by atoms with Gasteiger partial charge in [-0.15, -0.1) is 0 Å². The minimum Gasteiger partial charge on any atom is -0.321 e. The number of nitro benzene ring substituents is 1. The number of aryl methyl sites for hydroxylation is 2. The van der Waals surface area contributed by atoms with Crippen molar-refractivity contribution in [1.82, 2.24) is 4.57 Å². The highest BCUT2D eigenvalue weighted by atomic mass is 35.5. The number of nitriles is 1. The summed E-state index contributed by atoms with van der Waals surface area (Å²) >= 11 is 6.06. The molecule has 2 aromatic carbocycles. The van der Waals surface area contributed by atoms with E-state index in [2.05, 4.69) is 5.32 Å². The number of aromatic nitrogens is 1. The Morgan fingerprint density at radius 3 is 2.42 bits per heavy atom. The maximum atomic E-state index is 12.6. The summed E-state index contributed by atoms with van der Waals surface area (Å²) in [5, 5.41) is 23.3. The van der Waals surface area contributed by atoms with Crippen LogP contribution < -0.4 is 5.32 Å². The Labute approximate surface area is 184 Å². The van der Waals surface area contributed by atoms with Crippen LogP contribution in [0.4, 0.5) is 11.4 Å². The lowest BCUT2D eigenvalue weighted by Gasteiger charge is -2.10. The SMILES string of the molecule is Cc1ccc(NC(=O)/C(C#N)=C\c2cc(C)n(-c3ccc([N+](=O)[O-])c(Cl)c3)c2C)cc1. The smallest absolute Gasteiger partial charge is 0.288 e. The average Bonchev–Trinajstić information content (AvgIpc) is 3.00. The largest absolute Gasteiger partial charge is 0.321 e. The lowest BCUT2D eigenvalue weighted by atomic mass is 10.1. The molecule has 1 heterocycles. The Hall–Kier alpha value is -3.89. The molecule has 0 aliphatic carbocycles. The zero-order valence-electron chi connectivity index (χ0n) is 17.1. The van der Waals surface area contributed by atoms with E-state index in [1.807, 2.05) is 49.6 Å². The first kappa shape index (κ1) is 21.8. The fraction of sp³-hybridized carbons (Fsp3) is 0.130. The third-order valence-electron chi connectivity index (χ3n) is 4.83. The second kappa shape index (κ2) is 8.86. The molecule has 0 aliphatic heterocycles. The van der Waals surface area contributed by atoms with Gasteiger partial charge in [0.2, 0.25) is 0 Å². The first-order valence-corrected chi connectivity index (χ1v) is 9.72. The molecular formula is C23H19ClN4O3. The van der Waals surface area contributed by atoms with E-state index in [-0.39, 0.29) is 16.3 Å². The number of hydrogen-bond donors (Lipinski definition) is 1. The quantitative estimate of drug-likeness (QED) is 0.247. The molecular weight excluding hydrogens is 416 g/mol. The van der Waals surface area contributed by atoms with Gasteiger partial charge in [-0.2, -0.15) is 5.26 Å². The van der Waals surface area contributed by atoms with E-state index in [0.717, 1.165) is 17.0 Å². The summed E-state index contributed by atoms with van der Waals surface area (Å²) in [6, 6.07) is 15.5. The van der Waals surface area contributed by atoms with E-state index in [4.69, 9.17) is 11.6 Å². The van der Waals surface area contributed by atoms with Crippen LogP contribution in [0.5, 0.6) is 0 Å². The average molecular weight is 435 g/mol. The molecule has 0 atom stereocenters. The van der Waals surface area contributed by atoms with Crippen LogP contribution in [-0.4, -0.2) is 15.4 Å². The highest BCUT2D eigenvalue weighted by Gasteiger charge is 2.17. The molecule has 0 bridgehead atoms. The highest BCUT2D eigenvalue weighted by Crippen LogP contribution is 2.29. The molecule has 8 heteroatoms. The zero-order valence-corrected chi connectivity index (χ0v) is 17.9. The van der Waals surface area contributed by atoms with Crippen molar-refractivity contribution >= 4 is 35.0 Å². The molecule has 0 spiro atoms. The lowest BCUT2D eigenvalue weighted by molar-refractivity contribution is -0.384. The van der Waals surface area contributed by atoms with Gasteiger partial charge in [-0.25, -0.2) is 0 Å². The monoisotopic (exact) mass is 434 g/mol. The van der Waals surface area contributed by atoms with Crippen molar-refractivity contribution in [2.75, 3.05) is 5.32 Å². The van der Waals surface area contributed by atoms with Gasteiger partial charge in [-0.1, -0.05) is 29.3 Å². The van der Waals surface area contributed by atoms with Crippen LogP contribution >= 0.6 is 11.6 Å². The van der Waals surface area contributed by atoms with Crippen LogP contribution in [0.15, 0.2) is 54.1 Å². The van der Waals surface area contributed by atoms with Gasteiger partial charge >= 0.3 is 0 Å². The number of hydrogen-bond acceptors (Lipinski definition) is 4. The Kier molecular flexibility index (Phi) is 6.23. The van der Waals surface area contributed by atoms with E-state index in [0.29, 0.717) is 16.9 Å². The highest BCUT2D eigenvalue weighted by molar-refractivity contribution is 6.32. The topological polar surface area (TPSA) is 101 Å². The van der Waals surface area contributed by atoms with Gasteiger partial charge < -0.3 is 9.88 Å². The van der Waals surface area contributed by atoms with Crippen molar-refractivity contribution < 1.29 is 9.72 Å². The van der Waals surface area contributed by atoms with Crippen molar-refractivity contribution in [1.29, 1.82) is 5.26 Å². The van der Waals surface area contributed by atoms with Gasteiger partial charge in [0.25, 0.3) is 11.6 Å². The van der Waals surface area contributed by atoms with Crippen LogP contribution in [0, 0.1) is 42.2 Å². The predicted octanol–water partition coefficient (Wildman–Crippen LogP) is 5.51. The van der Waals surface area contributed by atoms with Gasteiger partial charge in [0.1, 0.15) is 16.7 Å². The van der Waals surface area contributed by atoms with Crippen molar-refractivity contribution in [3.8, 4) is 11.8 Å². The number of carbonyl (C=O) groups excluding carboxylic acids is 1. The number of benzene rings is 2. The molecule has 0 aliphatic rings. The first-order chi connectivity index (χ1) is 14.7. The van der Waals surface area contributed by atoms with Crippen molar-refractivity contribution in [3.63, 3.8) is 0 Å². The number of amides is 1. The second-order valence-corrected chi connectivity index (χ2v) is 7.45. The Bertz CT molecular complexity index is 1250. The number of nitro groups is 1. The fourth-order valence-electron chi connectivity index (χ4n) is 3.25. The normalized spacial score (nSPS) is 11.1. The Morgan fingerprint density at radius 1 is 1.16 bits per heavy atom. The molecule has 0 unspecified atom stereocenters. The number of nitrogens with zero attached hydrogens (tertiary/aromatic N) is 3. The van der Waals surface area contributed by atoms with Crippen LogP contribution in [-0.2, 0) is 4.79 Å². The van der Waals surface area contributed by atoms with E-state index in [1.165, 1.54) is 18.2 Å². The zero-order chi connectivity index (χ0) is 22.7. The molecule has 7 nitrogen and oxygen atoms in total. The lowest BCUT2D eigenvalue weighted by Crippen LogP contribution is -2.13. The van der Waals surface area contributed by atoms with E-state index in [1.54, 1.807) is 18.2 Å². The first-order valence-electron chi connectivity index (χ1n) is 9.34. The minimum absolute atomic E-state index is 0.0299. The van der Waals surface area contributed by atoms with E-state index in [9.17, 15) is 20.2 Å². The number of rotatable bonds is 5. The molecule has 1 aromatic heterocycles. The van der Waals surface area contributed by atoms with Gasteiger partial charge in [0, 0.05) is 28.8 Å². The van der Waals surface area contributed by atoms with Gasteiger partial charge in [0.05, 0.1) is 4.92 Å². The molecule has 1 amide bonds. The van der Waals surface area contributed by atoms with Gasteiger partial charge in [-0.3, -0.25) is 14.9 Å². The standard InChI is InChI=1S/C23H19ClN4O3/c1-14-4-6-19(7-5-14)26-23(29)18(13-25)11-17-10-15(2)27(16(17)3)20-8-9-22(28(30)31)21(24)12-20/h4-12H,1-3H3,(H,26,29)/b18-11-. The summed E-state index contributed by atoms with van der Waals surface area (Å²) in [4.78, 5) is 23.0. The third kappa shape index (κ3) is 4.65. The summed E-state index contributed by atoms with van der Waals surface area (Å²) in [6.07, 6.45) is 1.52. The molecule has 0 saturated heterocycles. The maximum absolute atomic E-state index is 12.6. The number of nitrogens with one attached hydrogen (secondary N) is 1. The van der Waals surface area contributed by atoms with Gasteiger partial charge in [0.15, 0.2) is 0 Å². The van der Waals surface area contributed by atoms with E-state index < -0.39 is 10.8 Å². The van der Waals surface area contributed by atoms with Crippen LogP contribution in [0.25, 0.3) is 11.8 Å². The summed E-state index contributed by atoms with van der Waals surface area (Å²) in [5.74, 6) is -0.505. The minimum atomic E-state index is -0.540. The summed E-state index contributed by atoms with van der Waals surface area (Å²) in [7, 11) is 0. The van der Waals surface area contributed by atoms with Crippen LogP contribution in [0.1, 0.15) is 22.5 Å². The predicted molar refractivity (Wildman–Crippen MR) is 120 cm³/mol. The molecule has 0 fully saturated rings. The second-order valence-electron chi connectivity index (χ2n) is 7.04. The number of halogens is 1. The number of anilines is 1. The van der Waals surface area contributed by atoms with Gasteiger partial charge in [-0.05, 0) is 62.7 Å². The molecule has 3 aromatic rings. The summed E-state index contributed by atoms with van der Waals surface area (Å²) < 4.78 is 1.86. The Balaban J connectivity index is 1.94. The third-order valence-corrected chi connectivity index (χ3v) is 5.13. The van der Waals surface area contributed by atoms with Crippen LogP contribution in [0.2, 0.25) is 5.02 Å². The summed E-state index contributed by atoms with van der Waals surface area (Å²) in [6.45, 7) is 5.64. The van der Waals surface area contributed by atoms with E-state index >= 15 is 0 Å². The molecule has 156 valence electrons. The van der Waals surface area contributed by atoms with Crippen molar-refractivity contribution in [2.45, 2.75) is 20.8 Å². The van der Waals surface area contributed by atoms with Crippen molar-refractivity contribution in [2.24, 2.45) is 0 Å².